The number of hydrogen-bond acceptors (Lipinski definition) is 4. The Kier molecular flexibility index (Phi) is 7.28. The lowest BCUT2D eigenvalue weighted by Gasteiger charge is -2.08. The van der Waals surface area contributed by atoms with Gasteiger partial charge >= 0.3 is 0 Å². The van der Waals surface area contributed by atoms with Gasteiger partial charge in [-0.1, -0.05) is 30.3 Å². The Labute approximate surface area is 214 Å². The summed E-state index contributed by atoms with van der Waals surface area (Å²) in [6.07, 6.45) is 6.60. The number of halogens is 2. The molecule has 0 spiro atoms. The van der Waals surface area contributed by atoms with Crippen LogP contribution in [0.3, 0.4) is 0 Å². The smallest absolute Gasteiger partial charge is 0.255 e. The molecule has 1 fully saturated rings. The highest BCUT2D eigenvalue weighted by Crippen LogP contribution is 2.41. The number of carbonyl (C=O) groups excluding carboxylic acids is 1. The fraction of sp³-hybridized carbons (Fsp3) is 0.241. The molecule has 1 heterocycles. The minimum absolute atomic E-state index is 0.189. The van der Waals surface area contributed by atoms with Crippen LogP contribution < -0.4 is 16.4 Å². The van der Waals surface area contributed by atoms with Crippen LogP contribution in [-0.2, 0) is 19.5 Å². The SMILES string of the molecule is Nc1ccccc1NC(=O)c1ccc(CCCn2cnc(CNC3CC3c3ccc(F)c(F)c3)c2)cc1. The molecule has 1 aromatic heterocycles. The third-order valence-corrected chi connectivity index (χ3v) is 6.70. The van der Waals surface area contributed by atoms with Crippen molar-refractivity contribution < 1.29 is 13.6 Å². The number of aromatic nitrogens is 2. The van der Waals surface area contributed by atoms with Gasteiger partial charge in [0.15, 0.2) is 11.6 Å². The van der Waals surface area contributed by atoms with E-state index < -0.39 is 11.6 Å². The highest BCUT2D eigenvalue weighted by atomic mass is 19.2. The summed E-state index contributed by atoms with van der Waals surface area (Å²) in [7, 11) is 0. The van der Waals surface area contributed by atoms with E-state index in [1.165, 1.54) is 12.1 Å². The first-order valence-corrected chi connectivity index (χ1v) is 12.4. The molecule has 1 aliphatic carbocycles. The largest absolute Gasteiger partial charge is 0.397 e. The van der Waals surface area contributed by atoms with Gasteiger partial charge in [0.05, 0.1) is 23.4 Å². The second kappa shape index (κ2) is 10.9. The molecule has 3 aromatic carbocycles. The number of aryl methyl sites for hydroxylation is 2. The molecule has 0 saturated heterocycles. The standard InChI is InChI=1S/C29H29F2N5O/c30-24-12-11-21(14-25(24)31)23-15-28(23)33-16-22-17-36(18-34-22)13-3-4-19-7-9-20(10-8-19)29(37)35-27-6-2-1-5-26(27)32/h1-2,5-12,14,17-18,23,28,33H,3-4,13,15-16,32H2,(H,35,37). The summed E-state index contributed by atoms with van der Waals surface area (Å²) in [6, 6.07) is 19.2. The summed E-state index contributed by atoms with van der Waals surface area (Å²) in [5.41, 5.74) is 10.6. The molecule has 4 aromatic rings. The Morgan fingerprint density at radius 2 is 1.86 bits per heavy atom. The van der Waals surface area contributed by atoms with E-state index in [4.69, 9.17) is 5.73 Å². The van der Waals surface area contributed by atoms with Crippen LogP contribution in [0, 0.1) is 11.6 Å². The van der Waals surface area contributed by atoms with Crippen molar-refractivity contribution in [2.24, 2.45) is 0 Å². The minimum atomic E-state index is -0.811. The van der Waals surface area contributed by atoms with Gasteiger partial charge in [-0.25, -0.2) is 13.8 Å². The zero-order valence-electron chi connectivity index (χ0n) is 20.3. The van der Waals surface area contributed by atoms with Crippen molar-refractivity contribution in [1.29, 1.82) is 0 Å². The summed E-state index contributed by atoms with van der Waals surface area (Å²) >= 11 is 0. The van der Waals surface area contributed by atoms with E-state index in [-0.39, 0.29) is 17.9 Å². The van der Waals surface area contributed by atoms with Crippen LogP contribution in [-0.4, -0.2) is 21.5 Å². The predicted octanol–water partition coefficient (Wildman–Crippen LogP) is 5.27. The average Bonchev–Trinajstić information content (AvgIpc) is 3.54. The fourth-order valence-electron chi connectivity index (χ4n) is 4.48. The van der Waals surface area contributed by atoms with Crippen molar-refractivity contribution in [3.05, 3.63) is 113 Å². The number of hydrogen-bond donors (Lipinski definition) is 3. The normalized spacial score (nSPS) is 16.5. The Morgan fingerprint density at radius 3 is 2.65 bits per heavy atom. The van der Waals surface area contributed by atoms with Crippen LogP contribution in [0.5, 0.6) is 0 Å². The molecule has 1 saturated carbocycles. The molecule has 0 bridgehead atoms. The van der Waals surface area contributed by atoms with Crippen molar-refractivity contribution in [2.75, 3.05) is 11.1 Å². The first-order chi connectivity index (χ1) is 18.0. The number of nitrogen functional groups attached to an aromatic ring is 1. The average molecular weight is 502 g/mol. The highest BCUT2D eigenvalue weighted by Gasteiger charge is 2.38. The molecule has 2 atom stereocenters. The Morgan fingerprint density at radius 1 is 1.05 bits per heavy atom. The lowest BCUT2D eigenvalue weighted by Crippen LogP contribution is -2.17. The lowest BCUT2D eigenvalue weighted by molar-refractivity contribution is 0.102. The molecule has 37 heavy (non-hydrogen) atoms. The number of anilines is 2. The summed E-state index contributed by atoms with van der Waals surface area (Å²) < 4.78 is 28.7. The molecule has 0 radical (unpaired) electrons. The van der Waals surface area contributed by atoms with Crippen molar-refractivity contribution in [2.45, 2.75) is 44.3 Å². The lowest BCUT2D eigenvalue weighted by atomic mass is 10.1. The fourth-order valence-corrected chi connectivity index (χ4v) is 4.48. The van der Waals surface area contributed by atoms with Crippen LogP contribution in [0.15, 0.2) is 79.3 Å². The molecular formula is C29H29F2N5O. The van der Waals surface area contributed by atoms with Crippen LogP contribution in [0.25, 0.3) is 0 Å². The molecule has 1 amide bonds. The topological polar surface area (TPSA) is 85.0 Å². The van der Waals surface area contributed by atoms with E-state index >= 15 is 0 Å². The van der Waals surface area contributed by atoms with E-state index in [2.05, 4.69) is 20.2 Å². The van der Waals surface area contributed by atoms with Gasteiger partial charge in [0.1, 0.15) is 0 Å². The summed E-state index contributed by atoms with van der Waals surface area (Å²) in [5.74, 6) is -1.58. The molecule has 0 aliphatic heterocycles. The van der Waals surface area contributed by atoms with E-state index in [1.807, 2.05) is 48.9 Å². The van der Waals surface area contributed by atoms with Crippen molar-refractivity contribution in [3.8, 4) is 0 Å². The van der Waals surface area contributed by atoms with E-state index in [1.54, 1.807) is 18.2 Å². The van der Waals surface area contributed by atoms with Crippen molar-refractivity contribution >= 4 is 17.3 Å². The van der Waals surface area contributed by atoms with Gasteiger partial charge in [0.25, 0.3) is 5.91 Å². The quantitative estimate of drug-likeness (QED) is 0.258. The maximum atomic E-state index is 13.5. The number of amides is 1. The van der Waals surface area contributed by atoms with Gasteiger partial charge in [0.2, 0.25) is 0 Å². The predicted molar refractivity (Wildman–Crippen MR) is 140 cm³/mol. The van der Waals surface area contributed by atoms with Crippen molar-refractivity contribution in [1.82, 2.24) is 14.9 Å². The van der Waals surface area contributed by atoms with Gasteiger partial charge in [-0.2, -0.15) is 0 Å². The molecule has 6 nitrogen and oxygen atoms in total. The van der Waals surface area contributed by atoms with Crippen molar-refractivity contribution in [3.63, 3.8) is 0 Å². The summed E-state index contributed by atoms with van der Waals surface area (Å²) in [5, 5.41) is 6.29. The van der Waals surface area contributed by atoms with E-state index in [0.717, 1.165) is 42.6 Å². The van der Waals surface area contributed by atoms with Crippen LogP contribution in [0.4, 0.5) is 20.2 Å². The number of carbonyl (C=O) groups is 1. The van der Waals surface area contributed by atoms with Crippen LogP contribution >= 0.6 is 0 Å². The number of benzene rings is 3. The summed E-state index contributed by atoms with van der Waals surface area (Å²) in [6.45, 7) is 1.47. The zero-order valence-corrected chi connectivity index (χ0v) is 20.3. The number of nitrogens with two attached hydrogens (primary N) is 1. The Bertz CT molecular complexity index is 1390. The summed E-state index contributed by atoms with van der Waals surface area (Å²) in [4.78, 5) is 17.0. The number of nitrogens with one attached hydrogen (secondary N) is 2. The maximum absolute atomic E-state index is 13.5. The third-order valence-electron chi connectivity index (χ3n) is 6.70. The third kappa shape index (κ3) is 6.21. The first kappa shape index (κ1) is 24.6. The van der Waals surface area contributed by atoms with Gasteiger partial charge < -0.3 is 20.9 Å². The second-order valence-electron chi connectivity index (χ2n) is 9.45. The Balaban J connectivity index is 1.04. The molecule has 8 heteroatoms. The molecule has 4 N–H and O–H groups in total. The van der Waals surface area contributed by atoms with Gasteiger partial charge in [0, 0.05) is 36.8 Å². The number of imidazole rings is 1. The molecule has 5 rings (SSSR count). The maximum Gasteiger partial charge on any atom is 0.255 e. The molecule has 1 aliphatic rings. The second-order valence-corrected chi connectivity index (χ2v) is 9.45. The van der Waals surface area contributed by atoms with E-state index in [0.29, 0.717) is 23.5 Å². The first-order valence-electron chi connectivity index (χ1n) is 12.4. The highest BCUT2D eigenvalue weighted by molar-refractivity contribution is 6.05. The monoisotopic (exact) mass is 501 g/mol. The zero-order chi connectivity index (χ0) is 25.8. The molecule has 190 valence electrons. The Hall–Kier alpha value is -4.04. The number of para-hydroxylation sites is 2. The van der Waals surface area contributed by atoms with Gasteiger partial charge in [-0.3, -0.25) is 4.79 Å². The van der Waals surface area contributed by atoms with Crippen LogP contribution in [0.2, 0.25) is 0 Å². The van der Waals surface area contributed by atoms with Gasteiger partial charge in [-0.05, 0) is 66.8 Å². The van der Waals surface area contributed by atoms with E-state index in [9.17, 15) is 13.6 Å². The number of nitrogens with zero attached hydrogens (tertiary/aromatic N) is 2. The minimum Gasteiger partial charge on any atom is -0.397 e. The molecule has 2 unspecified atom stereocenters. The number of rotatable bonds is 10. The van der Waals surface area contributed by atoms with Crippen LogP contribution in [0.1, 0.15) is 45.9 Å². The van der Waals surface area contributed by atoms with Gasteiger partial charge in [-0.15, -0.1) is 0 Å². The molecular weight excluding hydrogens is 472 g/mol.